The van der Waals surface area contributed by atoms with Crippen LogP contribution in [-0.2, 0) is 0 Å². The van der Waals surface area contributed by atoms with Crippen LogP contribution in [0.3, 0.4) is 0 Å². The molecule has 1 fully saturated rings. The third kappa shape index (κ3) is 3.99. The summed E-state index contributed by atoms with van der Waals surface area (Å²) in [5, 5.41) is 0. The number of aromatic nitrogens is 2. The highest BCUT2D eigenvalue weighted by Crippen LogP contribution is 2.14. The van der Waals surface area contributed by atoms with Crippen molar-refractivity contribution in [3.63, 3.8) is 0 Å². The smallest absolute Gasteiger partial charge is 0.268 e. The van der Waals surface area contributed by atoms with E-state index in [0.29, 0.717) is 5.82 Å². The molecular formula is C17H21N5O2. The van der Waals surface area contributed by atoms with Gasteiger partial charge in [-0.2, -0.15) is 0 Å². The highest BCUT2D eigenvalue weighted by molar-refractivity contribution is 5.90. The van der Waals surface area contributed by atoms with Gasteiger partial charge in [0.25, 0.3) is 5.91 Å². The monoisotopic (exact) mass is 327 g/mol. The number of nitrogens with two attached hydrogens (primary N) is 1. The minimum absolute atomic E-state index is 0.201. The van der Waals surface area contributed by atoms with Crippen LogP contribution in [0.15, 0.2) is 40.8 Å². The van der Waals surface area contributed by atoms with Gasteiger partial charge in [-0.1, -0.05) is 5.57 Å². The first-order valence-corrected chi connectivity index (χ1v) is 7.91. The van der Waals surface area contributed by atoms with Crippen LogP contribution in [-0.4, -0.2) is 53.5 Å². The van der Waals surface area contributed by atoms with Gasteiger partial charge in [0.05, 0.1) is 18.7 Å². The van der Waals surface area contributed by atoms with E-state index in [1.54, 1.807) is 12.5 Å². The molecule has 0 atom stereocenters. The molecule has 1 amide bonds. The maximum Gasteiger partial charge on any atom is 0.268 e. The topological polar surface area (TPSA) is 88.5 Å². The number of piperazine rings is 1. The number of hydrogen-bond acceptors (Lipinski definition) is 6. The fraction of sp³-hybridized carbons (Fsp3) is 0.353. The molecule has 2 aromatic heterocycles. The Balaban J connectivity index is 1.56. The average Bonchev–Trinajstić information content (AvgIpc) is 3.08. The van der Waals surface area contributed by atoms with Crippen LogP contribution in [0.2, 0.25) is 0 Å². The number of primary amides is 1. The predicted octanol–water partition coefficient (Wildman–Crippen LogP) is 1.39. The van der Waals surface area contributed by atoms with Gasteiger partial charge in [-0.05, 0) is 25.1 Å². The fourth-order valence-electron chi connectivity index (χ4n) is 2.78. The fourth-order valence-corrected chi connectivity index (χ4v) is 2.78. The van der Waals surface area contributed by atoms with Gasteiger partial charge in [0, 0.05) is 32.7 Å². The summed E-state index contributed by atoms with van der Waals surface area (Å²) in [6.07, 6.45) is 6.81. The first-order valence-electron chi connectivity index (χ1n) is 7.91. The SMILES string of the molecule is C/C(=C\c1ccco1)CN1CCN(c2cncc(C(N)=O)n2)CC1. The first-order chi connectivity index (χ1) is 11.6. The van der Waals surface area contributed by atoms with E-state index in [0.717, 1.165) is 38.5 Å². The van der Waals surface area contributed by atoms with Crippen molar-refractivity contribution in [2.75, 3.05) is 37.6 Å². The van der Waals surface area contributed by atoms with Crippen LogP contribution in [0.5, 0.6) is 0 Å². The third-order valence-corrected chi connectivity index (χ3v) is 3.98. The van der Waals surface area contributed by atoms with Gasteiger partial charge in [-0.25, -0.2) is 4.98 Å². The van der Waals surface area contributed by atoms with Crippen molar-refractivity contribution < 1.29 is 9.21 Å². The summed E-state index contributed by atoms with van der Waals surface area (Å²) in [5.41, 5.74) is 6.72. The molecule has 3 rings (SSSR count). The second-order valence-corrected chi connectivity index (χ2v) is 5.90. The lowest BCUT2D eigenvalue weighted by Gasteiger charge is -2.35. The lowest BCUT2D eigenvalue weighted by atomic mass is 10.2. The molecule has 1 saturated heterocycles. The number of hydrogen-bond donors (Lipinski definition) is 1. The molecule has 7 nitrogen and oxygen atoms in total. The number of nitrogens with zero attached hydrogens (tertiary/aromatic N) is 4. The molecule has 0 aromatic carbocycles. The summed E-state index contributed by atoms with van der Waals surface area (Å²) in [6, 6.07) is 3.84. The molecule has 24 heavy (non-hydrogen) atoms. The minimum atomic E-state index is -0.554. The standard InChI is InChI=1S/C17H21N5O2/c1-13(9-14-3-2-8-24-14)12-21-4-6-22(7-5-21)16-11-19-10-15(20-16)17(18)23/h2-3,8-11H,4-7,12H2,1H3,(H2,18,23)/b13-9+. The van der Waals surface area contributed by atoms with E-state index in [-0.39, 0.29) is 5.69 Å². The molecule has 2 N–H and O–H groups in total. The highest BCUT2D eigenvalue weighted by atomic mass is 16.3. The largest absolute Gasteiger partial charge is 0.465 e. The molecule has 1 aliphatic rings. The maximum absolute atomic E-state index is 11.2. The Labute approximate surface area is 140 Å². The molecule has 0 radical (unpaired) electrons. The Kier molecular flexibility index (Phi) is 4.90. The first kappa shape index (κ1) is 16.2. The van der Waals surface area contributed by atoms with Crippen LogP contribution >= 0.6 is 0 Å². The van der Waals surface area contributed by atoms with E-state index < -0.39 is 5.91 Å². The van der Waals surface area contributed by atoms with Gasteiger partial charge in [0.1, 0.15) is 17.3 Å². The van der Waals surface area contributed by atoms with E-state index in [4.69, 9.17) is 10.2 Å². The maximum atomic E-state index is 11.2. The Morgan fingerprint density at radius 1 is 1.33 bits per heavy atom. The van der Waals surface area contributed by atoms with Crippen molar-refractivity contribution in [1.29, 1.82) is 0 Å². The molecule has 3 heterocycles. The molecule has 7 heteroatoms. The summed E-state index contributed by atoms with van der Waals surface area (Å²) in [6.45, 7) is 6.53. The van der Waals surface area contributed by atoms with Crippen molar-refractivity contribution in [1.82, 2.24) is 14.9 Å². The van der Waals surface area contributed by atoms with Crippen molar-refractivity contribution in [3.8, 4) is 0 Å². The molecule has 0 unspecified atom stereocenters. The van der Waals surface area contributed by atoms with Crippen molar-refractivity contribution >= 4 is 17.8 Å². The van der Waals surface area contributed by atoms with Gasteiger partial charge in [0.2, 0.25) is 0 Å². The second-order valence-electron chi connectivity index (χ2n) is 5.90. The van der Waals surface area contributed by atoms with Crippen molar-refractivity contribution in [2.24, 2.45) is 5.73 Å². The van der Waals surface area contributed by atoms with Crippen molar-refractivity contribution in [2.45, 2.75) is 6.92 Å². The Hall–Kier alpha value is -2.67. The van der Waals surface area contributed by atoms with Crippen LogP contribution in [0.4, 0.5) is 5.82 Å². The third-order valence-electron chi connectivity index (χ3n) is 3.98. The molecule has 0 spiro atoms. The van der Waals surface area contributed by atoms with E-state index >= 15 is 0 Å². The van der Waals surface area contributed by atoms with Gasteiger partial charge in [-0.15, -0.1) is 0 Å². The summed E-state index contributed by atoms with van der Waals surface area (Å²) < 4.78 is 5.34. The van der Waals surface area contributed by atoms with Crippen LogP contribution < -0.4 is 10.6 Å². The highest BCUT2D eigenvalue weighted by Gasteiger charge is 2.19. The van der Waals surface area contributed by atoms with E-state index in [9.17, 15) is 4.79 Å². The number of carbonyl (C=O) groups is 1. The number of anilines is 1. The summed E-state index contributed by atoms with van der Waals surface area (Å²) in [7, 11) is 0. The summed E-state index contributed by atoms with van der Waals surface area (Å²) in [4.78, 5) is 24.1. The van der Waals surface area contributed by atoms with Gasteiger partial charge >= 0.3 is 0 Å². The van der Waals surface area contributed by atoms with Crippen LogP contribution in [0.1, 0.15) is 23.2 Å². The van der Waals surface area contributed by atoms with Gasteiger partial charge in [0.15, 0.2) is 0 Å². The number of carbonyl (C=O) groups excluding carboxylic acids is 1. The summed E-state index contributed by atoms with van der Waals surface area (Å²) in [5.74, 6) is 1.03. The second kappa shape index (κ2) is 7.27. The Bertz CT molecular complexity index is 718. The molecular weight excluding hydrogens is 306 g/mol. The van der Waals surface area contributed by atoms with Gasteiger partial charge in [-0.3, -0.25) is 14.7 Å². The molecule has 126 valence electrons. The lowest BCUT2D eigenvalue weighted by molar-refractivity contribution is 0.0995. The zero-order chi connectivity index (χ0) is 16.9. The van der Waals surface area contributed by atoms with Crippen molar-refractivity contribution in [3.05, 3.63) is 47.8 Å². The quantitative estimate of drug-likeness (QED) is 0.893. The minimum Gasteiger partial charge on any atom is -0.465 e. The average molecular weight is 327 g/mol. The van der Waals surface area contributed by atoms with E-state index in [2.05, 4.69) is 32.8 Å². The molecule has 1 aliphatic heterocycles. The zero-order valence-electron chi connectivity index (χ0n) is 13.7. The number of furan rings is 1. The zero-order valence-corrected chi connectivity index (χ0v) is 13.7. The van der Waals surface area contributed by atoms with Crippen LogP contribution in [0.25, 0.3) is 6.08 Å². The number of amides is 1. The molecule has 0 bridgehead atoms. The number of rotatable bonds is 5. The van der Waals surface area contributed by atoms with E-state index in [1.807, 2.05) is 12.1 Å². The lowest BCUT2D eigenvalue weighted by Crippen LogP contribution is -2.47. The summed E-state index contributed by atoms with van der Waals surface area (Å²) >= 11 is 0. The van der Waals surface area contributed by atoms with E-state index in [1.165, 1.54) is 11.8 Å². The normalized spacial score (nSPS) is 16.4. The predicted molar refractivity (Wildman–Crippen MR) is 91.6 cm³/mol. The van der Waals surface area contributed by atoms with Gasteiger partial charge < -0.3 is 15.1 Å². The molecule has 2 aromatic rings. The molecule has 0 saturated carbocycles. The molecule has 0 aliphatic carbocycles. The Morgan fingerprint density at radius 3 is 2.79 bits per heavy atom. The Morgan fingerprint density at radius 2 is 2.12 bits per heavy atom. The van der Waals surface area contributed by atoms with Crippen LogP contribution in [0, 0.1) is 0 Å².